The topological polar surface area (TPSA) is 94.2 Å². The van der Waals surface area contributed by atoms with Gasteiger partial charge in [0.15, 0.2) is 0 Å². The number of hydrogen-bond donors (Lipinski definition) is 1. The minimum Gasteiger partial charge on any atom is -0.444 e. The minimum absolute atomic E-state index is 0.157. The van der Waals surface area contributed by atoms with E-state index in [2.05, 4.69) is 24.4 Å². The Morgan fingerprint density at radius 3 is 2.12 bits per heavy atom. The standard InChI is InChI=1S/C31H54N2O6S/c1-6-7-8-9-10-11-12-13-14-15-19-22-27-23-29(39-33(27)24-26-20-17-16-18-21-26)28(25-37-40(5,35)36)32-30(34)38-31(2,3)4/h16-18,20-21,27-29H,6-15,19,22-25H2,1-5H3,(H,32,34)/t27-,28-,29-/m0/s1. The first kappa shape index (κ1) is 34.5. The lowest BCUT2D eigenvalue weighted by Gasteiger charge is -2.27. The van der Waals surface area contributed by atoms with Crippen molar-refractivity contribution in [2.75, 3.05) is 12.9 Å². The first-order chi connectivity index (χ1) is 19.0. The van der Waals surface area contributed by atoms with E-state index in [4.69, 9.17) is 13.8 Å². The monoisotopic (exact) mass is 582 g/mol. The van der Waals surface area contributed by atoms with Crippen LogP contribution in [0.4, 0.5) is 4.79 Å². The lowest BCUT2D eigenvalue weighted by molar-refractivity contribution is -0.178. The van der Waals surface area contributed by atoms with Crippen molar-refractivity contribution in [3.63, 3.8) is 0 Å². The van der Waals surface area contributed by atoms with Gasteiger partial charge < -0.3 is 10.1 Å². The maximum Gasteiger partial charge on any atom is 0.408 e. The summed E-state index contributed by atoms with van der Waals surface area (Å²) in [7, 11) is -3.69. The van der Waals surface area contributed by atoms with Crippen LogP contribution in [-0.2, 0) is 30.4 Å². The molecule has 1 aliphatic rings. The van der Waals surface area contributed by atoms with Crippen molar-refractivity contribution in [1.29, 1.82) is 0 Å². The van der Waals surface area contributed by atoms with Crippen LogP contribution in [0.15, 0.2) is 30.3 Å². The Balaban J connectivity index is 1.94. The van der Waals surface area contributed by atoms with Crippen molar-refractivity contribution in [1.82, 2.24) is 10.4 Å². The molecule has 0 bridgehead atoms. The van der Waals surface area contributed by atoms with E-state index >= 15 is 0 Å². The summed E-state index contributed by atoms with van der Waals surface area (Å²) in [5.41, 5.74) is 0.455. The second-order valence-corrected chi connectivity index (χ2v) is 13.8. The number of unbranched alkanes of at least 4 members (excludes halogenated alkanes) is 10. The van der Waals surface area contributed by atoms with Gasteiger partial charge in [0.05, 0.1) is 18.9 Å². The Morgan fingerprint density at radius 2 is 1.57 bits per heavy atom. The maximum absolute atomic E-state index is 12.6. The number of carbonyl (C=O) groups excluding carboxylic acids is 1. The van der Waals surface area contributed by atoms with Crippen LogP contribution in [0.1, 0.15) is 117 Å². The average Bonchev–Trinajstić information content (AvgIpc) is 3.26. The molecule has 1 saturated heterocycles. The summed E-state index contributed by atoms with van der Waals surface area (Å²) < 4.78 is 34.0. The molecule has 1 aromatic carbocycles. The van der Waals surface area contributed by atoms with E-state index in [1.54, 1.807) is 20.8 Å². The molecule has 1 heterocycles. The Hall–Kier alpha value is -1.68. The van der Waals surface area contributed by atoms with Gasteiger partial charge in [0.2, 0.25) is 0 Å². The first-order valence-electron chi connectivity index (χ1n) is 15.3. The van der Waals surface area contributed by atoms with E-state index in [0.29, 0.717) is 13.0 Å². The van der Waals surface area contributed by atoms with Gasteiger partial charge in [0.25, 0.3) is 10.1 Å². The average molecular weight is 583 g/mol. The molecule has 0 aliphatic carbocycles. The normalized spacial score (nSPS) is 19.0. The molecule has 3 atom stereocenters. The molecule has 230 valence electrons. The Labute approximate surface area is 243 Å². The maximum atomic E-state index is 12.6. The van der Waals surface area contributed by atoms with Gasteiger partial charge in [0, 0.05) is 12.6 Å². The highest BCUT2D eigenvalue weighted by molar-refractivity contribution is 7.85. The number of hydroxylamine groups is 2. The van der Waals surface area contributed by atoms with Crippen LogP contribution >= 0.6 is 0 Å². The third-order valence-electron chi connectivity index (χ3n) is 7.12. The third-order valence-corrected chi connectivity index (χ3v) is 7.68. The molecule has 1 amide bonds. The number of nitrogens with zero attached hydrogens (tertiary/aromatic N) is 1. The second-order valence-electron chi connectivity index (χ2n) is 12.2. The van der Waals surface area contributed by atoms with Crippen molar-refractivity contribution in [3.05, 3.63) is 35.9 Å². The molecule has 40 heavy (non-hydrogen) atoms. The number of ether oxygens (including phenoxy) is 1. The zero-order valence-corrected chi connectivity index (χ0v) is 26.3. The number of hydrogen-bond acceptors (Lipinski definition) is 7. The van der Waals surface area contributed by atoms with E-state index in [1.165, 1.54) is 64.2 Å². The minimum atomic E-state index is -3.69. The summed E-state index contributed by atoms with van der Waals surface area (Å²) in [5.74, 6) is 0. The molecule has 0 saturated carbocycles. The Bertz CT molecular complexity index is 935. The number of nitrogens with one attached hydrogen (secondary N) is 1. The summed E-state index contributed by atoms with van der Waals surface area (Å²) in [4.78, 5) is 19.0. The highest BCUT2D eigenvalue weighted by Crippen LogP contribution is 2.30. The predicted molar refractivity (Wildman–Crippen MR) is 160 cm³/mol. The quantitative estimate of drug-likeness (QED) is 0.137. The van der Waals surface area contributed by atoms with Crippen LogP contribution in [-0.4, -0.2) is 56.2 Å². The van der Waals surface area contributed by atoms with Crippen molar-refractivity contribution in [2.45, 2.75) is 141 Å². The molecule has 0 unspecified atom stereocenters. The molecule has 0 spiro atoms. The SMILES string of the molecule is CCCCCCCCCCCCC[C@H]1C[C@@H]([C@H](COS(C)(=O)=O)NC(=O)OC(C)(C)C)ON1Cc1ccccc1. The molecule has 8 nitrogen and oxygen atoms in total. The number of alkyl carbamates (subject to hydrolysis) is 1. The fourth-order valence-corrected chi connectivity index (χ4v) is 5.45. The first-order valence-corrected chi connectivity index (χ1v) is 17.1. The molecule has 0 aromatic heterocycles. The van der Waals surface area contributed by atoms with E-state index < -0.39 is 34.0 Å². The highest BCUT2D eigenvalue weighted by atomic mass is 32.2. The second kappa shape index (κ2) is 18.0. The summed E-state index contributed by atoms with van der Waals surface area (Å²) in [6.45, 7) is 8.01. The third kappa shape index (κ3) is 15.4. The van der Waals surface area contributed by atoms with Gasteiger partial charge in [-0.2, -0.15) is 13.5 Å². The number of benzene rings is 1. The lowest BCUT2D eigenvalue weighted by atomic mass is 9.98. The van der Waals surface area contributed by atoms with Crippen molar-refractivity contribution in [2.24, 2.45) is 0 Å². The smallest absolute Gasteiger partial charge is 0.408 e. The zero-order chi connectivity index (χ0) is 29.4. The number of amides is 1. The molecular weight excluding hydrogens is 528 g/mol. The van der Waals surface area contributed by atoms with Crippen molar-refractivity contribution >= 4 is 16.2 Å². The van der Waals surface area contributed by atoms with Crippen LogP contribution in [0.3, 0.4) is 0 Å². The van der Waals surface area contributed by atoms with E-state index in [-0.39, 0.29) is 12.6 Å². The molecule has 1 aliphatic heterocycles. The molecule has 9 heteroatoms. The predicted octanol–water partition coefficient (Wildman–Crippen LogP) is 7.13. The van der Waals surface area contributed by atoms with Gasteiger partial charge >= 0.3 is 6.09 Å². The lowest BCUT2D eigenvalue weighted by Crippen LogP contribution is -2.48. The van der Waals surface area contributed by atoms with Crippen LogP contribution in [0.5, 0.6) is 0 Å². The fourth-order valence-electron chi connectivity index (χ4n) is 5.06. The Kier molecular flexibility index (Phi) is 15.5. The highest BCUT2D eigenvalue weighted by Gasteiger charge is 2.39. The molecule has 1 N–H and O–H groups in total. The summed E-state index contributed by atoms with van der Waals surface area (Å²) in [6.07, 6.45) is 15.8. The van der Waals surface area contributed by atoms with Gasteiger partial charge in [-0.05, 0) is 39.2 Å². The summed E-state index contributed by atoms with van der Waals surface area (Å²) in [6, 6.07) is 9.63. The van der Waals surface area contributed by atoms with E-state index in [1.807, 2.05) is 23.3 Å². The van der Waals surface area contributed by atoms with Gasteiger partial charge in [-0.3, -0.25) is 9.02 Å². The fraction of sp³-hybridized carbons (Fsp3) is 0.774. The van der Waals surface area contributed by atoms with Gasteiger partial charge in [-0.25, -0.2) is 4.79 Å². The van der Waals surface area contributed by atoms with Crippen molar-refractivity contribution in [3.8, 4) is 0 Å². The molecule has 0 radical (unpaired) electrons. The van der Waals surface area contributed by atoms with Gasteiger partial charge in [0.1, 0.15) is 11.7 Å². The zero-order valence-electron chi connectivity index (χ0n) is 25.5. The van der Waals surface area contributed by atoms with Gasteiger partial charge in [-0.1, -0.05) is 108 Å². The molecule has 1 aromatic rings. The number of carbonyl (C=O) groups is 1. The molecule has 1 fully saturated rings. The number of rotatable bonds is 19. The van der Waals surface area contributed by atoms with Crippen molar-refractivity contribution < 1.29 is 27.0 Å². The van der Waals surface area contributed by atoms with Crippen LogP contribution in [0.25, 0.3) is 0 Å². The van der Waals surface area contributed by atoms with E-state index in [9.17, 15) is 13.2 Å². The Morgan fingerprint density at radius 1 is 1.00 bits per heavy atom. The molecule has 2 rings (SSSR count). The largest absolute Gasteiger partial charge is 0.444 e. The van der Waals surface area contributed by atoms with Gasteiger partial charge in [-0.15, -0.1) is 0 Å². The van der Waals surface area contributed by atoms with Crippen LogP contribution < -0.4 is 5.32 Å². The van der Waals surface area contributed by atoms with E-state index in [0.717, 1.165) is 24.7 Å². The summed E-state index contributed by atoms with van der Waals surface area (Å²) in [5, 5.41) is 4.80. The van der Waals surface area contributed by atoms with Crippen LogP contribution in [0, 0.1) is 0 Å². The summed E-state index contributed by atoms with van der Waals surface area (Å²) >= 11 is 0. The molecular formula is C31H54N2O6S. The van der Waals surface area contributed by atoms with Crippen LogP contribution in [0.2, 0.25) is 0 Å².